The van der Waals surface area contributed by atoms with Gasteiger partial charge in [-0.2, -0.15) is 0 Å². The molecule has 0 radical (unpaired) electrons. The summed E-state index contributed by atoms with van der Waals surface area (Å²) < 4.78 is 30.5. The lowest BCUT2D eigenvalue weighted by molar-refractivity contribution is 0.0962. The highest BCUT2D eigenvalue weighted by Gasteiger charge is 2.18. The fourth-order valence-electron chi connectivity index (χ4n) is 3.02. The standard InChI is InChI=1S/C20H21NO4S/c1-4-5-16-12-15-13-18(26(3,23)24)10-11-19(15)21(16)20(22)14-6-8-17(25-2)9-7-14/h6-13H,4-5H2,1-3H3. The van der Waals surface area contributed by atoms with Gasteiger partial charge in [0.2, 0.25) is 0 Å². The van der Waals surface area contributed by atoms with Gasteiger partial charge in [0.05, 0.1) is 17.5 Å². The number of carbonyl (C=O) groups excluding carboxylic acids is 1. The van der Waals surface area contributed by atoms with Crippen LogP contribution in [0.4, 0.5) is 0 Å². The Labute approximate surface area is 153 Å². The van der Waals surface area contributed by atoms with Gasteiger partial charge >= 0.3 is 0 Å². The topological polar surface area (TPSA) is 65.4 Å². The first-order valence-electron chi connectivity index (χ1n) is 8.38. The number of methoxy groups -OCH3 is 1. The summed E-state index contributed by atoms with van der Waals surface area (Å²) in [6.07, 6.45) is 2.79. The fraction of sp³-hybridized carbons (Fsp3) is 0.250. The van der Waals surface area contributed by atoms with Gasteiger partial charge in [0.25, 0.3) is 5.91 Å². The Morgan fingerprint density at radius 2 is 1.77 bits per heavy atom. The zero-order valence-corrected chi connectivity index (χ0v) is 15.8. The summed E-state index contributed by atoms with van der Waals surface area (Å²) in [5, 5.41) is 0.748. The predicted octanol–water partition coefficient (Wildman–Crippen LogP) is 3.69. The molecular weight excluding hydrogens is 350 g/mol. The third-order valence-electron chi connectivity index (χ3n) is 4.32. The van der Waals surface area contributed by atoms with E-state index in [-0.39, 0.29) is 10.8 Å². The molecule has 26 heavy (non-hydrogen) atoms. The Hall–Kier alpha value is -2.60. The summed E-state index contributed by atoms with van der Waals surface area (Å²) in [7, 11) is -1.72. The van der Waals surface area contributed by atoms with E-state index in [0.717, 1.165) is 23.9 Å². The third-order valence-corrected chi connectivity index (χ3v) is 5.43. The van der Waals surface area contributed by atoms with Crippen molar-refractivity contribution in [3.8, 4) is 5.75 Å². The number of aromatic nitrogens is 1. The average molecular weight is 371 g/mol. The van der Waals surface area contributed by atoms with Crippen molar-refractivity contribution in [1.29, 1.82) is 0 Å². The monoisotopic (exact) mass is 371 g/mol. The number of benzene rings is 2. The minimum Gasteiger partial charge on any atom is -0.497 e. The van der Waals surface area contributed by atoms with Gasteiger partial charge in [-0.3, -0.25) is 9.36 Å². The van der Waals surface area contributed by atoms with Crippen molar-refractivity contribution in [3.63, 3.8) is 0 Å². The number of ether oxygens (including phenoxy) is 1. The van der Waals surface area contributed by atoms with Crippen LogP contribution >= 0.6 is 0 Å². The van der Waals surface area contributed by atoms with Gasteiger partial charge in [0.15, 0.2) is 9.84 Å². The summed E-state index contributed by atoms with van der Waals surface area (Å²) in [6, 6.07) is 13.7. The summed E-state index contributed by atoms with van der Waals surface area (Å²) in [5.74, 6) is 0.545. The van der Waals surface area contributed by atoms with Crippen molar-refractivity contribution in [2.24, 2.45) is 0 Å². The summed E-state index contributed by atoms with van der Waals surface area (Å²) in [6.45, 7) is 2.04. The molecule has 0 atom stereocenters. The fourth-order valence-corrected chi connectivity index (χ4v) is 3.68. The molecule has 1 aromatic heterocycles. The summed E-state index contributed by atoms with van der Waals surface area (Å²) in [4.78, 5) is 13.4. The van der Waals surface area contributed by atoms with E-state index in [9.17, 15) is 13.2 Å². The van der Waals surface area contributed by atoms with Crippen LogP contribution in [0.3, 0.4) is 0 Å². The van der Waals surface area contributed by atoms with E-state index in [1.54, 1.807) is 54.1 Å². The lowest BCUT2D eigenvalue weighted by atomic mass is 10.2. The van der Waals surface area contributed by atoms with E-state index in [1.165, 1.54) is 6.26 Å². The Morgan fingerprint density at radius 1 is 1.08 bits per heavy atom. The van der Waals surface area contributed by atoms with Gasteiger partial charge < -0.3 is 4.74 Å². The Morgan fingerprint density at radius 3 is 2.35 bits per heavy atom. The van der Waals surface area contributed by atoms with Crippen LogP contribution in [0.5, 0.6) is 5.75 Å². The van der Waals surface area contributed by atoms with Crippen LogP contribution in [0.1, 0.15) is 29.4 Å². The zero-order chi connectivity index (χ0) is 18.9. The van der Waals surface area contributed by atoms with Crippen LogP contribution in [0.25, 0.3) is 10.9 Å². The molecule has 6 heteroatoms. The first kappa shape index (κ1) is 18.2. The molecule has 3 rings (SSSR count). The molecule has 0 saturated heterocycles. The quantitative estimate of drug-likeness (QED) is 0.686. The van der Waals surface area contributed by atoms with Crippen molar-refractivity contribution in [2.45, 2.75) is 24.7 Å². The zero-order valence-electron chi connectivity index (χ0n) is 15.0. The van der Waals surface area contributed by atoms with Crippen molar-refractivity contribution in [1.82, 2.24) is 4.57 Å². The van der Waals surface area contributed by atoms with Crippen LogP contribution < -0.4 is 4.74 Å². The Kier molecular flexibility index (Phi) is 4.87. The lowest BCUT2D eigenvalue weighted by Gasteiger charge is -2.10. The maximum Gasteiger partial charge on any atom is 0.262 e. The second-order valence-electron chi connectivity index (χ2n) is 6.25. The Bertz CT molecular complexity index is 1060. The molecule has 0 saturated carbocycles. The number of carbonyl (C=O) groups is 1. The molecule has 0 N–H and O–H groups in total. The van der Waals surface area contributed by atoms with Gasteiger partial charge in [-0.1, -0.05) is 13.3 Å². The second kappa shape index (κ2) is 6.96. The van der Waals surface area contributed by atoms with Crippen LogP contribution in [-0.2, 0) is 16.3 Å². The third kappa shape index (κ3) is 3.37. The van der Waals surface area contributed by atoms with E-state index < -0.39 is 9.84 Å². The normalized spacial score (nSPS) is 11.7. The number of hydrogen-bond donors (Lipinski definition) is 0. The number of fused-ring (bicyclic) bond motifs is 1. The lowest BCUT2D eigenvalue weighted by Crippen LogP contribution is -2.14. The molecule has 2 aromatic carbocycles. The molecule has 5 nitrogen and oxygen atoms in total. The van der Waals surface area contributed by atoms with Gasteiger partial charge in [-0.25, -0.2) is 8.42 Å². The molecule has 3 aromatic rings. The molecule has 0 spiro atoms. The highest BCUT2D eigenvalue weighted by atomic mass is 32.2. The predicted molar refractivity (Wildman–Crippen MR) is 102 cm³/mol. The van der Waals surface area contributed by atoms with Crippen LogP contribution in [-0.4, -0.2) is 32.3 Å². The van der Waals surface area contributed by atoms with Crippen LogP contribution in [0, 0.1) is 0 Å². The second-order valence-corrected chi connectivity index (χ2v) is 8.26. The SMILES string of the molecule is CCCc1cc2cc(S(C)(=O)=O)ccc2n1C(=O)c1ccc(OC)cc1. The van der Waals surface area contributed by atoms with Crippen molar-refractivity contribution < 1.29 is 17.9 Å². The molecule has 0 amide bonds. The number of sulfone groups is 1. The summed E-state index contributed by atoms with van der Waals surface area (Å²) in [5.41, 5.74) is 2.13. The van der Waals surface area contributed by atoms with Gasteiger partial charge in [-0.05, 0) is 55.0 Å². The van der Waals surface area contributed by atoms with Crippen LogP contribution in [0.15, 0.2) is 53.4 Å². The molecule has 0 bridgehead atoms. The minimum absolute atomic E-state index is 0.141. The number of aryl methyl sites for hydroxylation is 1. The van der Waals surface area contributed by atoms with Gasteiger partial charge in [-0.15, -0.1) is 0 Å². The first-order valence-corrected chi connectivity index (χ1v) is 10.3. The highest BCUT2D eigenvalue weighted by molar-refractivity contribution is 7.90. The molecule has 0 aliphatic carbocycles. The largest absolute Gasteiger partial charge is 0.497 e. The highest BCUT2D eigenvalue weighted by Crippen LogP contribution is 2.26. The van der Waals surface area contributed by atoms with E-state index in [4.69, 9.17) is 4.74 Å². The first-order chi connectivity index (χ1) is 12.3. The van der Waals surface area contributed by atoms with Gasteiger partial charge in [0, 0.05) is 22.9 Å². The van der Waals surface area contributed by atoms with Gasteiger partial charge in [0.1, 0.15) is 5.75 Å². The van der Waals surface area contributed by atoms with E-state index >= 15 is 0 Å². The molecule has 136 valence electrons. The number of nitrogens with zero attached hydrogens (tertiary/aromatic N) is 1. The molecular formula is C20H21NO4S. The maximum atomic E-state index is 13.1. The number of rotatable bonds is 5. The molecule has 1 heterocycles. The molecule has 0 aliphatic rings. The molecule has 0 unspecified atom stereocenters. The minimum atomic E-state index is -3.30. The van der Waals surface area contributed by atoms with Crippen molar-refractivity contribution in [2.75, 3.05) is 13.4 Å². The average Bonchev–Trinajstić information content (AvgIpc) is 2.98. The smallest absolute Gasteiger partial charge is 0.262 e. The van der Waals surface area contributed by atoms with E-state index in [1.807, 2.05) is 13.0 Å². The van der Waals surface area contributed by atoms with Crippen molar-refractivity contribution >= 4 is 26.6 Å². The van der Waals surface area contributed by atoms with Crippen LogP contribution in [0.2, 0.25) is 0 Å². The maximum absolute atomic E-state index is 13.1. The number of hydrogen-bond acceptors (Lipinski definition) is 4. The van der Waals surface area contributed by atoms with Crippen molar-refractivity contribution in [3.05, 3.63) is 59.8 Å². The molecule has 0 fully saturated rings. The Balaban J connectivity index is 2.15. The van der Waals surface area contributed by atoms with E-state index in [0.29, 0.717) is 16.8 Å². The van der Waals surface area contributed by atoms with E-state index in [2.05, 4.69) is 0 Å². The summed E-state index contributed by atoms with van der Waals surface area (Å²) >= 11 is 0. The molecule has 0 aliphatic heterocycles.